The Kier molecular flexibility index (Phi) is 7.02. The lowest BCUT2D eigenvalue weighted by Gasteiger charge is -2.15. The summed E-state index contributed by atoms with van der Waals surface area (Å²) in [6.07, 6.45) is 0.977. The van der Waals surface area contributed by atoms with Crippen molar-refractivity contribution in [2.75, 3.05) is 13.7 Å². The average molecular weight is 356 g/mol. The molecule has 2 aromatic rings. The largest absolute Gasteiger partial charge is 0.497 e. The van der Waals surface area contributed by atoms with Gasteiger partial charge in [-0.15, -0.1) is 0 Å². The molecule has 0 saturated heterocycles. The van der Waals surface area contributed by atoms with E-state index in [0.29, 0.717) is 23.0 Å². The minimum Gasteiger partial charge on any atom is -0.497 e. The maximum absolute atomic E-state index is 12.0. The summed E-state index contributed by atoms with van der Waals surface area (Å²) in [4.78, 5) is 23.9. The lowest BCUT2D eigenvalue weighted by Crippen LogP contribution is -2.43. The Hall–Kier alpha value is -3.02. The highest BCUT2D eigenvalue weighted by molar-refractivity contribution is 5.95. The van der Waals surface area contributed by atoms with E-state index in [-0.39, 0.29) is 6.61 Å². The number of benzene rings is 2. The molecule has 138 valence electrons. The molecule has 0 bridgehead atoms. The molecule has 0 radical (unpaired) electrons. The summed E-state index contributed by atoms with van der Waals surface area (Å²) >= 11 is 0. The molecule has 6 heteroatoms. The molecule has 0 saturated carbocycles. The maximum atomic E-state index is 12.0. The first-order chi connectivity index (χ1) is 12.5. The zero-order chi connectivity index (χ0) is 18.9. The van der Waals surface area contributed by atoms with Gasteiger partial charge < -0.3 is 9.47 Å². The highest BCUT2D eigenvalue weighted by Crippen LogP contribution is 2.28. The monoisotopic (exact) mass is 356 g/mol. The highest BCUT2D eigenvalue weighted by atomic mass is 16.5. The summed E-state index contributed by atoms with van der Waals surface area (Å²) in [6, 6.07) is 14.2. The van der Waals surface area contributed by atoms with E-state index in [1.165, 1.54) is 0 Å². The van der Waals surface area contributed by atoms with Gasteiger partial charge in [0.05, 0.1) is 7.11 Å². The fraction of sp³-hybridized carbons (Fsp3) is 0.300. The van der Waals surface area contributed by atoms with Crippen LogP contribution in [0.1, 0.15) is 42.1 Å². The Morgan fingerprint density at radius 2 is 1.73 bits per heavy atom. The maximum Gasteiger partial charge on any atom is 0.276 e. The molecule has 0 spiro atoms. The minimum atomic E-state index is -0.439. The third kappa shape index (κ3) is 5.24. The normalized spacial score (nSPS) is 11.3. The van der Waals surface area contributed by atoms with Crippen LogP contribution in [0.3, 0.4) is 0 Å². The molecular weight excluding hydrogens is 332 g/mol. The number of carbonyl (C=O) groups is 2. The number of hydrazine groups is 1. The molecule has 1 unspecified atom stereocenters. The van der Waals surface area contributed by atoms with Gasteiger partial charge in [0.1, 0.15) is 11.5 Å². The van der Waals surface area contributed by atoms with E-state index in [9.17, 15) is 9.59 Å². The second-order valence-electron chi connectivity index (χ2n) is 5.87. The first-order valence-corrected chi connectivity index (χ1v) is 8.50. The first kappa shape index (κ1) is 19.3. The molecule has 2 N–H and O–H groups in total. The molecule has 0 aliphatic carbocycles. The van der Waals surface area contributed by atoms with Crippen molar-refractivity contribution in [2.24, 2.45) is 0 Å². The molecule has 2 aromatic carbocycles. The van der Waals surface area contributed by atoms with Crippen LogP contribution in [-0.2, 0) is 4.79 Å². The SMILES string of the molecule is CCC(C)c1ccccc1OCC(=O)NNC(=O)c1ccc(OC)cc1. The van der Waals surface area contributed by atoms with Crippen LogP contribution < -0.4 is 20.3 Å². The minimum absolute atomic E-state index is 0.184. The summed E-state index contributed by atoms with van der Waals surface area (Å²) < 4.78 is 10.6. The summed E-state index contributed by atoms with van der Waals surface area (Å²) in [6.45, 7) is 4.02. The molecule has 0 aromatic heterocycles. The highest BCUT2D eigenvalue weighted by Gasteiger charge is 2.12. The number of methoxy groups -OCH3 is 1. The second kappa shape index (κ2) is 9.46. The number of rotatable bonds is 7. The smallest absolute Gasteiger partial charge is 0.276 e. The molecule has 2 rings (SSSR count). The van der Waals surface area contributed by atoms with Crippen LogP contribution in [0.25, 0.3) is 0 Å². The van der Waals surface area contributed by atoms with Gasteiger partial charge in [0.25, 0.3) is 11.8 Å². The predicted molar refractivity (Wildman–Crippen MR) is 99.2 cm³/mol. The summed E-state index contributed by atoms with van der Waals surface area (Å²) in [5.41, 5.74) is 6.18. The quantitative estimate of drug-likeness (QED) is 0.748. The predicted octanol–water partition coefficient (Wildman–Crippen LogP) is 3.05. The Bertz CT molecular complexity index is 744. The number of para-hydroxylation sites is 1. The van der Waals surface area contributed by atoms with Crippen LogP contribution in [0.15, 0.2) is 48.5 Å². The van der Waals surface area contributed by atoms with E-state index in [0.717, 1.165) is 12.0 Å². The van der Waals surface area contributed by atoms with Gasteiger partial charge in [-0.3, -0.25) is 20.4 Å². The van der Waals surface area contributed by atoms with Gasteiger partial charge in [-0.25, -0.2) is 0 Å². The standard InChI is InChI=1S/C20H24N2O4/c1-4-14(2)17-7-5-6-8-18(17)26-13-19(23)21-22-20(24)15-9-11-16(25-3)12-10-15/h5-12,14H,4,13H2,1-3H3,(H,21,23)(H,22,24). The Morgan fingerprint density at radius 1 is 1.04 bits per heavy atom. The summed E-state index contributed by atoms with van der Waals surface area (Å²) in [7, 11) is 1.55. The second-order valence-corrected chi connectivity index (χ2v) is 5.87. The van der Waals surface area contributed by atoms with Crippen molar-refractivity contribution >= 4 is 11.8 Å². The molecule has 26 heavy (non-hydrogen) atoms. The molecule has 0 heterocycles. The fourth-order valence-corrected chi connectivity index (χ4v) is 2.36. The number of amides is 2. The third-order valence-corrected chi connectivity index (χ3v) is 4.09. The van der Waals surface area contributed by atoms with Crippen molar-refractivity contribution in [3.8, 4) is 11.5 Å². The van der Waals surface area contributed by atoms with Crippen LogP contribution in [0.2, 0.25) is 0 Å². The van der Waals surface area contributed by atoms with Gasteiger partial charge in [-0.05, 0) is 48.2 Å². The van der Waals surface area contributed by atoms with Crippen molar-refractivity contribution in [3.05, 3.63) is 59.7 Å². The van der Waals surface area contributed by atoms with Crippen molar-refractivity contribution in [1.82, 2.24) is 10.9 Å². The van der Waals surface area contributed by atoms with E-state index in [1.54, 1.807) is 31.4 Å². The Balaban J connectivity index is 1.84. The third-order valence-electron chi connectivity index (χ3n) is 4.09. The van der Waals surface area contributed by atoms with Gasteiger partial charge >= 0.3 is 0 Å². The zero-order valence-corrected chi connectivity index (χ0v) is 15.2. The van der Waals surface area contributed by atoms with E-state index < -0.39 is 11.8 Å². The number of hydrogen-bond acceptors (Lipinski definition) is 4. The number of nitrogens with one attached hydrogen (secondary N) is 2. The number of carbonyl (C=O) groups excluding carboxylic acids is 2. The average Bonchev–Trinajstić information content (AvgIpc) is 2.70. The molecule has 0 aliphatic heterocycles. The van der Waals surface area contributed by atoms with Crippen molar-refractivity contribution in [2.45, 2.75) is 26.2 Å². The topological polar surface area (TPSA) is 76.7 Å². The molecule has 6 nitrogen and oxygen atoms in total. The summed E-state index contributed by atoms with van der Waals surface area (Å²) in [5.74, 6) is 0.813. The zero-order valence-electron chi connectivity index (χ0n) is 15.2. The van der Waals surface area contributed by atoms with Crippen LogP contribution in [0.5, 0.6) is 11.5 Å². The fourth-order valence-electron chi connectivity index (χ4n) is 2.36. The van der Waals surface area contributed by atoms with Crippen LogP contribution in [0.4, 0.5) is 0 Å². The molecule has 1 atom stereocenters. The first-order valence-electron chi connectivity index (χ1n) is 8.50. The van der Waals surface area contributed by atoms with Crippen LogP contribution in [-0.4, -0.2) is 25.5 Å². The van der Waals surface area contributed by atoms with Crippen molar-refractivity contribution in [1.29, 1.82) is 0 Å². The van der Waals surface area contributed by atoms with Crippen molar-refractivity contribution in [3.63, 3.8) is 0 Å². The molecule has 0 fully saturated rings. The molecule has 0 aliphatic rings. The van der Waals surface area contributed by atoms with E-state index in [2.05, 4.69) is 24.7 Å². The lowest BCUT2D eigenvalue weighted by atomic mass is 9.98. The Labute approximate surface area is 153 Å². The van der Waals surface area contributed by atoms with Gasteiger partial charge in [0, 0.05) is 5.56 Å². The number of hydrogen-bond donors (Lipinski definition) is 2. The van der Waals surface area contributed by atoms with Gasteiger partial charge in [-0.2, -0.15) is 0 Å². The van der Waals surface area contributed by atoms with Gasteiger partial charge in [0.2, 0.25) is 0 Å². The van der Waals surface area contributed by atoms with Crippen LogP contribution >= 0.6 is 0 Å². The van der Waals surface area contributed by atoms with Gasteiger partial charge in [-0.1, -0.05) is 32.0 Å². The van der Waals surface area contributed by atoms with E-state index >= 15 is 0 Å². The van der Waals surface area contributed by atoms with E-state index in [1.807, 2.05) is 24.3 Å². The number of ether oxygens (including phenoxy) is 2. The lowest BCUT2D eigenvalue weighted by molar-refractivity contribution is -0.123. The van der Waals surface area contributed by atoms with Gasteiger partial charge in [0.15, 0.2) is 6.61 Å². The summed E-state index contributed by atoms with van der Waals surface area (Å²) in [5, 5.41) is 0. The Morgan fingerprint density at radius 3 is 2.38 bits per heavy atom. The van der Waals surface area contributed by atoms with Crippen molar-refractivity contribution < 1.29 is 19.1 Å². The molecule has 2 amide bonds. The van der Waals surface area contributed by atoms with Crippen LogP contribution in [0, 0.1) is 0 Å². The van der Waals surface area contributed by atoms with E-state index in [4.69, 9.17) is 9.47 Å². The molecular formula is C20H24N2O4.